The van der Waals surface area contributed by atoms with Crippen LogP contribution in [0.3, 0.4) is 0 Å². The summed E-state index contributed by atoms with van der Waals surface area (Å²) < 4.78 is 37.2. The standard InChI is InChI=1S/C14H14F3NO3/c1-2-7-18(9-14(15,16)17)12(19)8-10-5-3-4-6-11(10)13(20)21/h2-6H,1,7-9H2,(H,20,21). The van der Waals surface area contributed by atoms with E-state index in [0.29, 0.717) is 4.90 Å². The minimum Gasteiger partial charge on any atom is -0.478 e. The van der Waals surface area contributed by atoms with Gasteiger partial charge in [-0.15, -0.1) is 6.58 Å². The Morgan fingerprint density at radius 3 is 2.43 bits per heavy atom. The maximum Gasteiger partial charge on any atom is 0.406 e. The molecule has 1 N–H and O–H groups in total. The third-order valence-corrected chi connectivity index (χ3v) is 2.66. The summed E-state index contributed by atoms with van der Waals surface area (Å²) in [6.45, 7) is 1.66. The predicted molar refractivity (Wildman–Crippen MR) is 69.9 cm³/mol. The van der Waals surface area contributed by atoms with Gasteiger partial charge in [-0.3, -0.25) is 4.79 Å². The van der Waals surface area contributed by atoms with Crippen LogP contribution in [0.25, 0.3) is 0 Å². The van der Waals surface area contributed by atoms with Gasteiger partial charge < -0.3 is 10.0 Å². The lowest BCUT2D eigenvalue weighted by Crippen LogP contribution is -2.40. The van der Waals surface area contributed by atoms with Crippen LogP contribution < -0.4 is 0 Å². The second kappa shape index (κ2) is 6.92. The molecule has 7 heteroatoms. The van der Waals surface area contributed by atoms with Crippen molar-refractivity contribution in [2.75, 3.05) is 13.1 Å². The number of carboxylic acid groups (broad SMARTS) is 1. The number of amides is 1. The van der Waals surface area contributed by atoms with Gasteiger partial charge in [-0.2, -0.15) is 13.2 Å². The van der Waals surface area contributed by atoms with Gasteiger partial charge in [-0.1, -0.05) is 24.3 Å². The summed E-state index contributed by atoms with van der Waals surface area (Å²) in [6.07, 6.45) is -3.75. The van der Waals surface area contributed by atoms with Crippen LogP contribution in [0.2, 0.25) is 0 Å². The van der Waals surface area contributed by atoms with Crippen LogP contribution in [0.15, 0.2) is 36.9 Å². The number of hydrogen-bond acceptors (Lipinski definition) is 2. The summed E-state index contributed by atoms with van der Waals surface area (Å²) >= 11 is 0. The molecule has 0 bridgehead atoms. The SMILES string of the molecule is C=CCN(CC(F)(F)F)C(=O)Cc1ccccc1C(=O)O. The molecule has 0 spiro atoms. The van der Waals surface area contributed by atoms with Crippen molar-refractivity contribution in [1.29, 1.82) is 0 Å². The fourth-order valence-electron chi connectivity index (χ4n) is 1.78. The maximum absolute atomic E-state index is 12.4. The van der Waals surface area contributed by atoms with Crippen LogP contribution in [0.5, 0.6) is 0 Å². The van der Waals surface area contributed by atoms with Gasteiger partial charge in [-0.25, -0.2) is 4.79 Å². The summed E-state index contributed by atoms with van der Waals surface area (Å²) in [5.74, 6) is -2.04. The number of hydrogen-bond donors (Lipinski definition) is 1. The third kappa shape index (κ3) is 5.29. The predicted octanol–water partition coefficient (Wildman–Crippen LogP) is 2.50. The van der Waals surface area contributed by atoms with Crippen LogP contribution in [0.4, 0.5) is 13.2 Å². The van der Waals surface area contributed by atoms with Gasteiger partial charge in [0.25, 0.3) is 0 Å². The lowest BCUT2D eigenvalue weighted by Gasteiger charge is -2.22. The van der Waals surface area contributed by atoms with E-state index in [2.05, 4.69) is 6.58 Å². The number of aromatic carboxylic acids is 1. The highest BCUT2D eigenvalue weighted by atomic mass is 19.4. The lowest BCUT2D eigenvalue weighted by atomic mass is 10.0. The molecular formula is C14H14F3NO3. The number of carbonyl (C=O) groups is 2. The van der Waals surface area contributed by atoms with Crippen LogP contribution in [0.1, 0.15) is 15.9 Å². The Morgan fingerprint density at radius 1 is 1.29 bits per heavy atom. The Balaban J connectivity index is 2.92. The molecule has 0 fully saturated rings. The molecule has 1 aromatic carbocycles. The quantitative estimate of drug-likeness (QED) is 0.821. The van der Waals surface area contributed by atoms with Gasteiger partial charge in [0.2, 0.25) is 5.91 Å². The average molecular weight is 301 g/mol. The zero-order chi connectivity index (χ0) is 16.0. The minimum absolute atomic E-state index is 0.101. The first-order valence-corrected chi connectivity index (χ1v) is 6.01. The minimum atomic E-state index is -4.52. The fourth-order valence-corrected chi connectivity index (χ4v) is 1.78. The molecule has 0 radical (unpaired) electrons. The monoisotopic (exact) mass is 301 g/mol. The second-order valence-corrected chi connectivity index (χ2v) is 4.32. The van der Waals surface area contributed by atoms with Gasteiger partial charge >= 0.3 is 12.1 Å². The van der Waals surface area contributed by atoms with Crippen LogP contribution in [-0.4, -0.2) is 41.1 Å². The first-order chi connectivity index (χ1) is 9.74. The van der Waals surface area contributed by atoms with Gasteiger partial charge in [0.15, 0.2) is 0 Å². The molecule has 0 aliphatic carbocycles. The first kappa shape index (κ1) is 16.7. The molecule has 1 rings (SSSR count). The van der Waals surface area contributed by atoms with Gasteiger partial charge in [0.05, 0.1) is 12.0 Å². The molecule has 1 amide bonds. The van der Waals surface area contributed by atoms with Crippen molar-refractivity contribution in [3.63, 3.8) is 0 Å². The van der Waals surface area contributed by atoms with E-state index in [4.69, 9.17) is 5.11 Å². The molecule has 21 heavy (non-hydrogen) atoms. The normalized spacial score (nSPS) is 11.0. The molecular weight excluding hydrogens is 287 g/mol. The molecule has 0 heterocycles. The Hall–Kier alpha value is -2.31. The number of carboxylic acids is 1. The number of nitrogens with zero attached hydrogens (tertiary/aromatic N) is 1. The van der Waals surface area contributed by atoms with Crippen molar-refractivity contribution in [2.24, 2.45) is 0 Å². The zero-order valence-corrected chi connectivity index (χ0v) is 11.1. The Labute approximate surface area is 119 Å². The van der Waals surface area contributed by atoms with Gasteiger partial charge in [0, 0.05) is 6.54 Å². The number of halogens is 3. The second-order valence-electron chi connectivity index (χ2n) is 4.32. The fraction of sp³-hybridized carbons (Fsp3) is 0.286. The van der Waals surface area contributed by atoms with E-state index in [1.807, 2.05) is 0 Å². The van der Waals surface area contributed by atoms with Crippen molar-refractivity contribution in [3.8, 4) is 0 Å². The Kier molecular flexibility index (Phi) is 5.52. The number of benzene rings is 1. The number of alkyl halides is 3. The Morgan fingerprint density at radius 2 is 1.90 bits per heavy atom. The molecule has 4 nitrogen and oxygen atoms in total. The highest BCUT2D eigenvalue weighted by Crippen LogP contribution is 2.18. The molecule has 114 valence electrons. The third-order valence-electron chi connectivity index (χ3n) is 2.66. The van der Waals surface area contributed by atoms with Gasteiger partial charge in [0.1, 0.15) is 6.54 Å². The van der Waals surface area contributed by atoms with E-state index < -0.39 is 31.0 Å². The largest absolute Gasteiger partial charge is 0.478 e. The molecule has 0 aliphatic heterocycles. The first-order valence-electron chi connectivity index (χ1n) is 6.01. The lowest BCUT2D eigenvalue weighted by molar-refractivity contribution is -0.159. The molecule has 0 saturated carbocycles. The molecule has 0 atom stereocenters. The van der Waals surface area contributed by atoms with Crippen LogP contribution >= 0.6 is 0 Å². The number of carbonyl (C=O) groups excluding carboxylic acids is 1. The molecule has 1 aromatic rings. The highest BCUT2D eigenvalue weighted by molar-refractivity contribution is 5.91. The van der Waals surface area contributed by atoms with E-state index in [9.17, 15) is 22.8 Å². The molecule has 0 aromatic heterocycles. The number of rotatable bonds is 6. The highest BCUT2D eigenvalue weighted by Gasteiger charge is 2.32. The summed E-state index contributed by atoms with van der Waals surface area (Å²) in [6, 6.07) is 5.71. The zero-order valence-electron chi connectivity index (χ0n) is 11.1. The van der Waals surface area contributed by atoms with Crippen molar-refractivity contribution < 1.29 is 27.9 Å². The summed E-state index contributed by atoms with van der Waals surface area (Å²) in [5.41, 5.74) is 0.0719. The van der Waals surface area contributed by atoms with Crippen molar-refractivity contribution in [2.45, 2.75) is 12.6 Å². The van der Waals surface area contributed by atoms with Crippen molar-refractivity contribution >= 4 is 11.9 Å². The van der Waals surface area contributed by atoms with Crippen LogP contribution in [0, 0.1) is 0 Å². The van der Waals surface area contributed by atoms with Crippen LogP contribution in [-0.2, 0) is 11.2 Å². The van der Waals surface area contributed by atoms with Crippen molar-refractivity contribution in [1.82, 2.24) is 4.90 Å². The van der Waals surface area contributed by atoms with E-state index in [1.165, 1.54) is 30.3 Å². The summed E-state index contributed by atoms with van der Waals surface area (Å²) in [5, 5.41) is 8.99. The summed E-state index contributed by atoms with van der Waals surface area (Å²) in [7, 11) is 0. The van der Waals surface area contributed by atoms with E-state index >= 15 is 0 Å². The maximum atomic E-state index is 12.4. The van der Waals surface area contributed by atoms with Gasteiger partial charge in [-0.05, 0) is 11.6 Å². The molecule has 0 aliphatic rings. The van der Waals surface area contributed by atoms with E-state index in [0.717, 1.165) is 0 Å². The topological polar surface area (TPSA) is 57.6 Å². The van der Waals surface area contributed by atoms with E-state index in [1.54, 1.807) is 0 Å². The average Bonchev–Trinajstić information content (AvgIpc) is 2.37. The van der Waals surface area contributed by atoms with E-state index in [-0.39, 0.29) is 17.7 Å². The smallest absolute Gasteiger partial charge is 0.406 e. The Bertz CT molecular complexity index is 541. The van der Waals surface area contributed by atoms with Crippen molar-refractivity contribution in [3.05, 3.63) is 48.0 Å². The molecule has 0 unspecified atom stereocenters. The summed E-state index contributed by atoms with van der Waals surface area (Å²) in [4.78, 5) is 23.5. The molecule has 0 saturated heterocycles.